The van der Waals surface area contributed by atoms with Crippen LogP contribution in [0.2, 0.25) is 0 Å². The van der Waals surface area contributed by atoms with Crippen LogP contribution >= 0.6 is 0 Å². The number of anilines is 1. The number of ether oxygens (including phenoxy) is 2. The monoisotopic (exact) mass is 280 g/mol. The van der Waals surface area contributed by atoms with Crippen LogP contribution in [-0.4, -0.2) is 55.6 Å². The van der Waals surface area contributed by atoms with Crippen molar-refractivity contribution in [3.63, 3.8) is 0 Å². The molecule has 1 aliphatic heterocycles. The van der Waals surface area contributed by atoms with E-state index in [1.165, 1.54) is 5.56 Å². The standard InChI is InChI=1S/C14H20N2O4/c17-7-10-20-14(18)15-13-3-1-12(2-4-13)11-16-5-8-19-9-6-16/h1-4,17H,5-11H2,(H,15,18). The minimum Gasteiger partial charge on any atom is -0.447 e. The molecule has 110 valence electrons. The van der Waals surface area contributed by atoms with Gasteiger partial charge in [-0.25, -0.2) is 4.79 Å². The van der Waals surface area contributed by atoms with Crippen LogP contribution in [0.1, 0.15) is 5.56 Å². The van der Waals surface area contributed by atoms with Gasteiger partial charge in [0.15, 0.2) is 0 Å². The van der Waals surface area contributed by atoms with Crippen molar-refractivity contribution in [1.82, 2.24) is 4.90 Å². The first-order valence-corrected chi connectivity index (χ1v) is 6.71. The van der Waals surface area contributed by atoms with E-state index >= 15 is 0 Å². The minimum atomic E-state index is -0.556. The lowest BCUT2D eigenvalue weighted by molar-refractivity contribution is 0.0342. The maximum Gasteiger partial charge on any atom is 0.411 e. The topological polar surface area (TPSA) is 71.0 Å². The average molecular weight is 280 g/mol. The summed E-state index contributed by atoms with van der Waals surface area (Å²) in [5.41, 5.74) is 1.87. The number of benzene rings is 1. The highest BCUT2D eigenvalue weighted by Crippen LogP contribution is 2.12. The maximum absolute atomic E-state index is 11.3. The molecule has 0 radical (unpaired) electrons. The van der Waals surface area contributed by atoms with Gasteiger partial charge in [0, 0.05) is 25.3 Å². The second-order valence-corrected chi connectivity index (χ2v) is 4.57. The lowest BCUT2D eigenvalue weighted by atomic mass is 10.2. The Balaban J connectivity index is 1.81. The number of aliphatic hydroxyl groups is 1. The van der Waals surface area contributed by atoms with Gasteiger partial charge in [0.1, 0.15) is 6.61 Å². The molecule has 1 saturated heterocycles. The summed E-state index contributed by atoms with van der Waals surface area (Å²) in [5.74, 6) is 0. The van der Waals surface area contributed by atoms with E-state index < -0.39 is 6.09 Å². The fourth-order valence-corrected chi connectivity index (χ4v) is 2.00. The molecule has 6 heteroatoms. The Morgan fingerprint density at radius 3 is 2.65 bits per heavy atom. The number of morpholine rings is 1. The van der Waals surface area contributed by atoms with Crippen LogP contribution < -0.4 is 5.32 Å². The Bertz CT molecular complexity index is 416. The van der Waals surface area contributed by atoms with Crippen molar-refractivity contribution in [2.45, 2.75) is 6.54 Å². The third-order valence-electron chi connectivity index (χ3n) is 3.03. The fraction of sp³-hybridized carbons (Fsp3) is 0.500. The smallest absolute Gasteiger partial charge is 0.411 e. The highest BCUT2D eigenvalue weighted by molar-refractivity contribution is 5.84. The van der Waals surface area contributed by atoms with Crippen molar-refractivity contribution in [3.8, 4) is 0 Å². The molecule has 1 fully saturated rings. The molecule has 0 spiro atoms. The van der Waals surface area contributed by atoms with E-state index in [0.717, 1.165) is 32.8 Å². The number of nitrogens with zero attached hydrogens (tertiary/aromatic N) is 1. The minimum absolute atomic E-state index is 0.000940. The molecule has 2 rings (SSSR count). The normalized spacial score (nSPS) is 15.8. The molecule has 1 aliphatic rings. The van der Waals surface area contributed by atoms with Crippen molar-refractivity contribution in [3.05, 3.63) is 29.8 Å². The molecule has 0 aromatic heterocycles. The maximum atomic E-state index is 11.3. The zero-order valence-electron chi connectivity index (χ0n) is 11.4. The summed E-state index contributed by atoms with van der Waals surface area (Å²) < 4.78 is 10.0. The zero-order chi connectivity index (χ0) is 14.2. The Morgan fingerprint density at radius 1 is 1.30 bits per heavy atom. The first-order valence-electron chi connectivity index (χ1n) is 6.71. The number of rotatable bonds is 5. The van der Waals surface area contributed by atoms with Gasteiger partial charge in [-0.05, 0) is 17.7 Å². The average Bonchev–Trinajstić information content (AvgIpc) is 2.48. The van der Waals surface area contributed by atoms with Gasteiger partial charge >= 0.3 is 6.09 Å². The number of aliphatic hydroxyl groups excluding tert-OH is 1. The summed E-state index contributed by atoms with van der Waals surface area (Å²) in [5, 5.41) is 11.2. The van der Waals surface area contributed by atoms with Gasteiger partial charge in [0.25, 0.3) is 0 Å². The van der Waals surface area contributed by atoms with Crippen LogP contribution in [0.15, 0.2) is 24.3 Å². The van der Waals surface area contributed by atoms with Gasteiger partial charge in [0.05, 0.1) is 19.8 Å². The van der Waals surface area contributed by atoms with E-state index in [4.69, 9.17) is 14.6 Å². The third-order valence-corrected chi connectivity index (χ3v) is 3.03. The summed E-state index contributed by atoms with van der Waals surface area (Å²) in [6.45, 7) is 4.19. The molecule has 1 aromatic rings. The highest BCUT2D eigenvalue weighted by Gasteiger charge is 2.10. The van der Waals surface area contributed by atoms with E-state index in [-0.39, 0.29) is 13.2 Å². The van der Waals surface area contributed by atoms with Crippen LogP contribution in [0.3, 0.4) is 0 Å². The third kappa shape index (κ3) is 4.80. The molecule has 0 saturated carbocycles. The Hall–Kier alpha value is -1.63. The van der Waals surface area contributed by atoms with Gasteiger partial charge in [0.2, 0.25) is 0 Å². The van der Waals surface area contributed by atoms with E-state index in [0.29, 0.717) is 5.69 Å². The zero-order valence-corrected chi connectivity index (χ0v) is 11.4. The van der Waals surface area contributed by atoms with Gasteiger partial charge in [-0.1, -0.05) is 12.1 Å². The Labute approximate surface area is 118 Å². The summed E-state index contributed by atoms with van der Waals surface area (Å²) in [6.07, 6.45) is -0.556. The molecule has 0 aliphatic carbocycles. The van der Waals surface area contributed by atoms with E-state index in [2.05, 4.69) is 10.2 Å². The molecule has 6 nitrogen and oxygen atoms in total. The lowest BCUT2D eigenvalue weighted by Gasteiger charge is -2.26. The quantitative estimate of drug-likeness (QED) is 0.844. The van der Waals surface area contributed by atoms with Crippen molar-refractivity contribution in [2.75, 3.05) is 44.8 Å². The van der Waals surface area contributed by atoms with E-state index in [1.807, 2.05) is 24.3 Å². The predicted octanol–water partition coefficient (Wildman–Crippen LogP) is 1.06. The van der Waals surface area contributed by atoms with Gasteiger partial charge < -0.3 is 14.6 Å². The van der Waals surface area contributed by atoms with Crippen molar-refractivity contribution in [2.24, 2.45) is 0 Å². The van der Waals surface area contributed by atoms with Crippen LogP contribution in [0, 0.1) is 0 Å². The predicted molar refractivity (Wildman–Crippen MR) is 74.6 cm³/mol. The molecule has 20 heavy (non-hydrogen) atoms. The molecule has 1 amide bonds. The largest absolute Gasteiger partial charge is 0.447 e. The summed E-state index contributed by atoms with van der Waals surface area (Å²) in [7, 11) is 0. The SMILES string of the molecule is O=C(Nc1ccc(CN2CCOCC2)cc1)OCCO. The van der Waals surface area contributed by atoms with Crippen LogP contribution in [0.4, 0.5) is 10.5 Å². The van der Waals surface area contributed by atoms with E-state index in [9.17, 15) is 4.79 Å². The van der Waals surface area contributed by atoms with Crippen LogP contribution in [0.25, 0.3) is 0 Å². The van der Waals surface area contributed by atoms with Crippen LogP contribution in [-0.2, 0) is 16.0 Å². The van der Waals surface area contributed by atoms with Crippen LogP contribution in [0.5, 0.6) is 0 Å². The molecule has 0 unspecified atom stereocenters. The number of hydrogen-bond acceptors (Lipinski definition) is 5. The molecular weight excluding hydrogens is 260 g/mol. The van der Waals surface area contributed by atoms with E-state index in [1.54, 1.807) is 0 Å². The first kappa shape index (κ1) is 14.8. The summed E-state index contributed by atoms with van der Waals surface area (Å²) in [4.78, 5) is 13.6. The van der Waals surface area contributed by atoms with Gasteiger partial charge in [-0.2, -0.15) is 0 Å². The Morgan fingerprint density at radius 2 is 2.00 bits per heavy atom. The second kappa shape index (κ2) is 7.84. The molecule has 1 heterocycles. The first-order chi connectivity index (χ1) is 9.78. The Kier molecular flexibility index (Phi) is 5.79. The fourth-order valence-electron chi connectivity index (χ4n) is 2.00. The van der Waals surface area contributed by atoms with Gasteiger partial charge in [-0.3, -0.25) is 10.2 Å². The summed E-state index contributed by atoms with van der Waals surface area (Å²) in [6, 6.07) is 7.65. The number of amides is 1. The lowest BCUT2D eigenvalue weighted by Crippen LogP contribution is -2.35. The molecule has 0 bridgehead atoms. The van der Waals surface area contributed by atoms with Gasteiger partial charge in [-0.15, -0.1) is 0 Å². The second-order valence-electron chi connectivity index (χ2n) is 4.57. The molecule has 2 N–H and O–H groups in total. The summed E-state index contributed by atoms with van der Waals surface area (Å²) >= 11 is 0. The number of carbonyl (C=O) groups excluding carboxylic acids is 1. The molecule has 1 aromatic carbocycles. The van der Waals surface area contributed by atoms with Crippen molar-refractivity contribution >= 4 is 11.8 Å². The van der Waals surface area contributed by atoms with Crippen molar-refractivity contribution in [1.29, 1.82) is 0 Å². The number of carbonyl (C=O) groups is 1. The molecule has 0 atom stereocenters. The number of hydrogen-bond donors (Lipinski definition) is 2. The number of nitrogens with one attached hydrogen (secondary N) is 1. The highest BCUT2D eigenvalue weighted by atomic mass is 16.6. The van der Waals surface area contributed by atoms with Crippen molar-refractivity contribution < 1.29 is 19.4 Å². The molecular formula is C14H20N2O4.